The van der Waals surface area contributed by atoms with Gasteiger partial charge in [0.15, 0.2) is 5.69 Å². The summed E-state index contributed by atoms with van der Waals surface area (Å²) in [7, 11) is -0.441. The molecule has 3 saturated carbocycles. The van der Waals surface area contributed by atoms with Crippen molar-refractivity contribution in [3.05, 3.63) is 11.9 Å². The maximum absolute atomic E-state index is 11.2. The fourth-order valence-electron chi connectivity index (χ4n) is 5.55. The largest absolute Gasteiger partial charge is 0.484 e. The van der Waals surface area contributed by atoms with Crippen LogP contribution in [0.2, 0.25) is 0 Å². The lowest BCUT2D eigenvalue weighted by Gasteiger charge is -2.69. The van der Waals surface area contributed by atoms with E-state index in [0.717, 1.165) is 19.3 Å². The molecule has 4 fully saturated rings. The SMILES string of the molecule is CC(C)C[C@@H](B1OC2(C)CCC3CC2(O1)C3(C)C)n1cc(C(=O)O)nn1. The molecule has 8 heteroatoms. The summed E-state index contributed by atoms with van der Waals surface area (Å²) in [6.07, 6.45) is 5.48. The molecule has 3 unspecified atom stereocenters. The van der Waals surface area contributed by atoms with Crippen LogP contribution >= 0.6 is 0 Å². The summed E-state index contributed by atoms with van der Waals surface area (Å²) in [4.78, 5) is 11.2. The first-order valence-electron chi connectivity index (χ1n) is 9.60. The van der Waals surface area contributed by atoms with Crippen molar-refractivity contribution in [1.29, 1.82) is 0 Å². The maximum atomic E-state index is 11.2. The second-order valence-electron chi connectivity index (χ2n) is 9.41. The molecule has 1 spiro atoms. The number of aromatic carboxylic acids is 1. The van der Waals surface area contributed by atoms with Crippen molar-refractivity contribution in [3.8, 4) is 0 Å². The Hall–Kier alpha value is -1.41. The number of carbonyl (C=O) groups is 1. The maximum Gasteiger partial charge on any atom is 0.484 e. The van der Waals surface area contributed by atoms with Crippen molar-refractivity contribution in [2.45, 2.75) is 77.4 Å². The molecule has 0 radical (unpaired) electrons. The lowest BCUT2D eigenvalue weighted by Crippen LogP contribution is -2.73. The van der Waals surface area contributed by atoms with Gasteiger partial charge in [0.25, 0.3) is 0 Å². The van der Waals surface area contributed by atoms with E-state index in [1.165, 1.54) is 12.6 Å². The summed E-state index contributed by atoms with van der Waals surface area (Å²) < 4.78 is 14.8. The molecule has 26 heavy (non-hydrogen) atoms. The highest BCUT2D eigenvalue weighted by atomic mass is 16.7. The molecule has 1 aromatic heterocycles. The standard InChI is InChI=1S/C18H28BN3O4/c1-11(2)8-14(22-10-13(15(23)24)20-21-22)19-25-17(5)7-6-12-9-18(17,26-19)16(12,3)4/h10-12,14H,6-9H2,1-5H3,(H,23,24)/t12?,14-,17?,18?/m0/s1. The first kappa shape index (κ1) is 18.0. The molecule has 0 amide bonds. The third kappa shape index (κ3) is 2.24. The van der Waals surface area contributed by atoms with Crippen LogP contribution in [0.3, 0.4) is 0 Å². The predicted molar refractivity (Wildman–Crippen MR) is 95.7 cm³/mol. The van der Waals surface area contributed by atoms with Gasteiger partial charge in [-0.2, -0.15) is 0 Å². The average molecular weight is 361 g/mol. The van der Waals surface area contributed by atoms with Gasteiger partial charge in [0.2, 0.25) is 0 Å². The molecular weight excluding hydrogens is 333 g/mol. The van der Waals surface area contributed by atoms with Gasteiger partial charge in [0.05, 0.1) is 23.3 Å². The van der Waals surface area contributed by atoms with Crippen LogP contribution in [0.25, 0.3) is 0 Å². The Morgan fingerprint density at radius 3 is 2.69 bits per heavy atom. The molecule has 2 heterocycles. The van der Waals surface area contributed by atoms with Crippen molar-refractivity contribution in [2.75, 3.05) is 0 Å². The molecule has 2 bridgehead atoms. The summed E-state index contributed by atoms with van der Waals surface area (Å²) in [5.74, 6) is -0.191. The number of rotatable bonds is 5. The number of carboxylic acid groups (broad SMARTS) is 1. The van der Waals surface area contributed by atoms with Crippen LogP contribution in [0.5, 0.6) is 0 Å². The average Bonchev–Trinajstić information content (AvgIpc) is 3.15. The van der Waals surface area contributed by atoms with Crippen LogP contribution in [-0.4, -0.2) is 44.4 Å². The number of fused-ring (bicyclic) bond motifs is 1. The van der Waals surface area contributed by atoms with Gasteiger partial charge < -0.3 is 14.4 Å². The molecule has 4 aliphatic rings. The van der Waals surface area contributed by atoms with E-state index in [-0.39, 0.29) is 28.3 Å². The zero-order valence-corrected chi connectivity index (χ0v) is 16.2. The highest BCUT2D eigenvalue weighted by Gasteiger charge is 2.76. The van der Waals surface area contributed by atoms with Gasteiger partial charge >= 0.3 is 13.1 Å². The van der Waals surface area contributed by atoms with Gasteiger partial charge in [-0.15, -0.1) is 5.10 Å². The summed E-state index contributed by atoms with van der Waals surface area (Å²) >= 11 is 0. The zero-order valence-electron chi connectivity index (χ0n) is 16.2. The molecule has 5 rings (SSSR count). The Morgan fingerprint density at radius 1 is 1.42 bits per heavy atom. The summed E-state index contributed by atoms with van der Waals surface area (Å²) in [5, 5.41) is 17.0. The van der Waals surface area contributed by atoms with E-state index in [1.807, 2.05) is 0 Å². The highest BCUT2D eigenvalue weighted by Crippen LogP contribution is 2.70. The van der Waals surface area contributed by atoms with Gasteiger partial charge in [0, 0.05) is 0 Å². The van der Waals surface area contributed by atoms with E-state index < -0.39 is 13.1 Å². The molecular formula is C18H28BN3O4. The van der Waals surface area contributed by atoms with Gasteiger partial charge in [-0.3, -0.25) is 4.68 Å². The third-order valence-corrected chi connectivity index (χ3v) is 7.21. The van der Waals surface area contributed by atoms with Crippen molar-refractivity contribution in [3.63, 3.8) is 0 Å². The molecule has 1 saturated heterocycles. The number of aromatic nitrogens is 3. The zero-order chi connectivity index (χ0) is 18.9. The van der Waals surface area contributed by atoms with Crippen LogP contribution in [0.1, 0.15) is 76.7 Å². The first-order chi connectivity index (χ1) is 12.1. The molecule has 142 valence electrons. The Morgan fingerprint density at radius 2 is 2.15 bits per heavy atom. The molecule has 4 atom stereocenters. The van der Waals surface area contributed by atoms with Crippen LogP contribution < -0.4 is 0 Å². The van der Waals surface area contributed by atoms with Gasteiger partial charge in [-0.05, 0) is 49.9 Å². The second-order valence-corrected chi connectivity index (χ2v) is 9.41. The van der Waals surface area contributed by atoms with Crippen LogP contribution in [0, 0.1) is 17.3 Å². The minimum absolute atomic E-state index is 0.0532. The first-order valence-corrected chi connectivity index (χ1v) is 9.60. The summed E-state index contributed by atoms with van der Waals surface area (Å²) in [6, 6.07) is 0. The quantitative estimate of drug-likeness (QED) is 0.812. The monoisotopic (exact) mass is 361 g/mol. The van der Waals surface area contributed by atoms with E-state index in [0.29, 0.717) is 11.8 Å². The predicted octanol–water partition coefficient (Wildman–Crippen LogP) is 2.98. The Balaban J connectivity index is 1.66. The van der Waals surface area contributed by atoms with Crippen molar-refractivity contribution in [1.82, 2.24) is 15.0 Å². The summed E-state index contributed by atoms with van der Waals surface area (Å²) in [5.41, 5.74) is -0.533. The van der Waals surface area contributed by atoms with Crippen LogP contribution in [0.15, 0.2) is 6.20 Å². The lowest BCUT2D eigenvalue weighted by molar-refractivity contribution is -0.257. The van der Waals surface area contributed by atoms with E-state index in [1.54, 1.807) is 4.68 Å². The minimum Gasteiger partial charge on any atom is -0.476 e. The Kier molecular flexibility index (Phi) is 3.84. The van der Waals surface area contributed by atoms with Gasteiger partial charge in [-0.1, -0.05) is 32.9 Å². The molecule has 7 nitrogen and oxygen atoms in total. The number of hydrogen-bond acceptors (Lipinski definition) is 5. The van der Waals surface area contributed by atoms with Gasteiger partial charge in [-0.25, -0.2) is 4.79 Å². The van der Waals surface area contributed by atoms with Crippen molar-refractivity contribution < 1.29 is 19.2 Å². The Bertz CT molecular complexity index is 736. The third-order valence-electron chi connectivity index (χ3n) is 7.21. The van der Waals surface area contributed by atoms with E-state index >= 15 is 0 Å². The smallest absolute Gasteiger partial charge is 0.476 e. The fourth-order valence-corrected chi connectivity index (χ4v) is 5.55. The highest BCUT2D eigenvalue weighted by molar-refractivity contribution is 6.46. The fraction of sp³-hybridized carbons (Fsp3) is 0.833. The normalized spacial score (nSPS) is 35.9. The van der Waals surface area contributed by atoms with Crippen molar-refractivity contribution in [2.24, 2.45) is 17.3 Å². The van der Waals surface area contributed by atoms with Gasteiger partial charge in [0.1, 0.15) is 0 Å². The topological polar surface area (TPSA) is 86.5 Å². The van der Waals surface area contributed by atoms with Crippen LogP contribution in [-0.2, 0) is 9.31 Å². The summed E-state index contributed by atoms with van der Waals surface area (Å²) in [6.45, 7) is 11.0. The number of hydrogen-bond donors (Lipinski definition) is 1. The minimum atomic E-state index is -1.07. The van der Waals surface area contributed by atoms with E-state index in [4.69, 9.17) is 9.31 Å². The molecule has 1 aromatic rings. The second kappa shape index (κ2) is 5.55. The lowest BCUT2D eigenvalue weighted by atomic mass is 9.41. The Labute approximate surface area is 154 Å². The van der Waals surface area contributed by atoms with E-state index in [9.17, 15) is 9.90 Å². The van der Waals surface area contributed by atoms with E-state index in [2.05, 4.69) is 44.9 Å². The number of nitrogens with zero attached hydrogens (tertiary/aromatic N) is 3. The molecule has 1 aliphatic heterocycles. The molecule has 0 aromatic carbocycles. The number of carboxylic acids is 1. The molecule has 3 aliphatic carbocycles. The van der Waals surface area contributed by atoms with Crippen molar-refractivity contribution >= 4 is 13.1 Å². The van der Waals surface area contributed by atoms with Crippen LogP contribution in [0.4, 0.5) is 0 Å². The molecule has 1 N–H and O–H groups in total.